The van der Waals surface area contributed by atoms with E-state index in [1.54, 1.807) is 4.90 Å². The van der Waals surface area contributed by atoms with Gasteiger partial charge in [-0.3, -0.25) is 5.43 Å². The normalized spacial score (nSPS) is 28.9. The van der Waals surface area contributed by atoms with Crippen molar-refractivity contribution < 1.29 is 14.3 Å². The first-order chi connectivity index (χ1) is 17.9. The summed E-state index contributed by atoms with van der Waals surface area (Å²) in [5, 5.41) is 8.30. The number of aryl methyl sites for hydroxylation is 2. The van der Waals surface area contributed by atoms with Gasteiger partial charge in [0.2, 0.25) is 0 Å². The van der Waals surface area contributed by atoms with Crippen LogP contribution in [-0.2, 0) is 9.47 Å². The molecule has 10 nitrogen and oxygen atoms in total. The Morgan fingerprint density at radius 1 is 1.14 bits per heavy atom. The molecule has 2 aromatic heterocycles. The summed E-state index contributed by atoms with van der Waals surface area (Å²) < 4.78 is 11.4. The Labute approximate surface area is 218 Å². The van der Waals surface area contributed by atoms with Gasteiger partial charge in [0.15, 0.2) is 0 Å². The number of hydrazine groups is 1. The van der Waals surface area contributed by atoms with E-state index in [1.807, 2.05) is 19.3 Å². The molecular formula is C27H37N7O3. The summed E-state index contributed by atoms with van der Waals surface area (Å²) in [6.45, 7) is 9.63. The number of ether oxygens (including phenoxy) is 2. The van der Waals surface area contributed by atoms with Crippen molar-refractivity contribution in [1.82, 2.24) is 30.9 Å². The lowest BCUT2D eigenvalue weighted by atomic mass is 9.73. The van der Waals surface area contributed by atoms with Gasteiger partial charge < -0.3 is 19.3 Å². The molecule has 4 unspecified atom stereocenters. The second kappa shape index (κ2) is 9.49. The fraction of sp³-hybridized carbons (Fsp3) is 0.630. The lowest BCUT2D eigenvalue weighted by molar-refractivity contribution is -0.0377. The van der Waals surface area contributed by atoms with E-state index in [4.69, 9.17) is 14.5 Å². The molecule has 5 heterocycles. The zero-order chi connectivity index (χ0) is 25.7. The summed E-state index contributed by atoms with van der Waals surface area (Å²) in [5.74, 6) is 1.45. The minimum atomic E-state index is -0.230. The van der Waals surface area contributed by atoms with Crippen LogP contribution >= 0.6 is 0 Å². The lowest BCUT2D eigenvalue weighted by Crippen LogP contribution is -2.73. The van der Waals surface area contributed by atoms with Crippen molar-refractivity contribution >= 4 is 11.9 Å². The van der Waals surface area contributed by atoms with Gasteiger partial charge >= 0.3 is 6.09 Å². The Kier molecular flexibility index (Phi) is 6.29. The van der Waals surface area contributed by atoms with Gasteiger partial charge in [0.25, 0.3) is 0 Å². The molecule has 1 saturated carbocycles. The van der Waals surface area contributed by atoms with E-state index in [2.05, 4.69) is 51.9 Å². The van der Waals surface area contributed by atoms with Gasteiger partial charge in [0, 0.05) is 49.4 Å². The summed E-state index contributed by atoms with van der Waals surface area (Å²) in [6.07, 6.45) is 6.95. The number of carbonyl (C=O) groups excluding carboxylic acids is 1. The van der Waals surface area contributed by atoms with Crippen molar-refractivity contribution in [3.05, 3.63) is 46.9 Å². The fourth-order valence-corrected chi connectivity index (χ4v) is 6.97. The Balaban J connectivity index is 1.06. The third kappa shape index (κ3) is 4.45. The van der Waals surface area contributed by atoms with E-state index in [9.17, 15) is 4.79 Å². The molecule has 0 radical (unpaired) electrons. The molecule has 10 heteroatoms. The smallest absolute Gasteiger partial charge is 0.409 e. The third-order valence-corrected chi connectivity index (χ3v) is 8.77. The Morgan fingerprint density at radius 2 is 1.95 bits per heavy atom. The summed E-state index contributed by atoms with van der Waals surface area (Å²) >= 11 is 0. The molecule has 198 valence electrons. The molecule has 3 aliphatic heterocycles. The molecular weight excluding hydrogens is 470 g/mol. The lowest BCUT2D eigenvalue weighted by Gasteiger charge is -2.59. The second-order valence-corrected chi connectivity index (χ2v) is 11.4. The molecule has 4 aliphatic rings. The highest BCUT2D eigenvalue weighted by Crippen LogP contribution is 2.43. The van der Waals surface area contributed by atoms with Crippen molar-refractivity contribution in [2.75, 3.05) is 38.2 Å². The number of pyridine rings is 1. The maximum absolute atomic E-state index is 11.7. The number of fused-ring (bicyclic) bond motifs is 1. The van der Waals surface area contributed by atoms with Gasteiger partial charge in [-0.05, 0) is 63.1 Å². The van der Waals surface area contributed by atoms with E-state index in [0.717, 1.165) is 68.1 Å². The average molecular weight is 508 g/mol. The van der Waals surface area contributed by atoms with Crippen LogP contribution in [0.4, 0.5) is 10.6 Å². The van der Waals surface area contributed by atoms with Crippen LogP contribution in [0.5, 0.6) is 0 Å². The van der Waals surface area contributed by atoms with E-state index >= 15 is 0 Å². The first kappa shape index (κ1) is 24.5. The van der Waals surface area contributed by atoms with Gasteiger partial charge in [-0.1, -0.05) is 6.07 Å². The summed E-state index contributed by atoms with van der Waals surface area (Å²) in [4.78, 5) is 20.5. The predicted octanol–water partition coefficient (Wildman–Crippen LogP) is 2.84. The van der Waals surface area contributed by atoms with E-state index in [0.29, 0.717) is 12.0 Å². The molecule has 3 saturated heterocycles. The van der Waals surface area contributed by atoms with Crippen LogP contribution in [0.1, 0.15) is 60.7 Å². The minimum Gasteiger partial charge on any atom is -0.453 e. The number of nitrogens with one attached hydrogen (secondary N) is 2. The number of aromatic nitrogens is 3. The highest BCUT2D eigenvalue weighted by molar-refractivity contribution is 5.69. The van der Waals surface area contributed by atoms with Crippen LogP contribution in [0.15, 0.2) is 24.5 Å². The molecule has 2 N–H and O–H groups in total. The van der Waals surface area contributed by atoms with E-state index < -0.39 is 0 Å². The van der Waals surface area contributed by atoms with Crippen LogP contribution in [0.3, 0.4) is 0 Å². The third-order valence-electron chi connectivity index (χ3n) is 8.77. The van der Waals surface area contributed by atoms with Crippen LogP contribution < -0.4 is 15.8 Å². The maximum Gasteiger partial charge on any atom is 0.409 e. The number of rotatable bonds is 5. The van der Waals surface area contributed by atoms with Gasteiger partial charge in [0.1, 0.15) is 5.82 Å². The zero-order valence-electron chi connectivity index (χ0n) is 22.1. The molecule has 1 amide bonds. The summed E-state index contributed by atoms with van der Waals surface area (Å²) in [6, 6.07) is 4.99. The highest BCUT2D eigenvalue weighted by atomic mass is 16.5. The number of hydrogen-bond donors (Lipinski definition) is 2. The Morgan fingerprint density at radius 3 is 2.65 bits per heavy atom. The maximum atomic E-state index is 11.7. The average Bonchev–Trinajstić information content (AvgIpc) is 3.25. The van der Waals surface area contributed by atoms with Crippen LogP contribution in [-0.4, -0.2) is 71.6 Å². The first-order valence-electron chi connectivity index (χ1n) is 13.3. The first-order valence-corrected chi connectivity index (χ1v) is 13.3. The molecule has 4 fully saturated rings. The summed E-state index contributed by atoms with van der Waals surface area (Å²) in [5.41, 5.74) is 11.7. The van der Waals surface area contributed by atoms with Crippen LogP contribution in [0, 0.1) is 25.2 Å². The van der Waals surface area contributed by atoms with Gasteiger partial charge in [-0.2, -0.15) is 10.2 Å². The number of likely N-dealkylation sites (tertiary alicyclic amines) is 1. The molecule has 0 bridgehead atoms. The second-order valence-electron chi connectivity index (χ2n) is 11.4. The van der Waals surface area contributed by atoms with Gasteiger partial charge in [-0.25, -0.2) is 15.2 Å². The van der Waals surface area contributed by atoms with Crippen molar-refractivity contribution in [1.29, 1.82) is 0 Å². The topological polar surface area (TPSA) is 105 Å². The van der Waals surface area contributed by atoms with Crippen LogP contribution in [0.25, 0.3) is 0 Å². The van der Waals surface area contributed by atoms with Gasteiger partial charge in [-0.15, -0.1) is 0 Å². The van der Waals surface area contributed by atoms with Gasteiger partial charge in [0.05, 0.1) is 37.3 Å². The molecule has 5 atom stereocenters. The monoisotopic (exact) mass is 507 g/mol. The number of anilines is 1. The molecule has 6 rings (SSSR count). The molecule has 1 spiro atoms. The number of nitrogens with zero attached hydrogens (tertiary/aromatic N) is 5. The van der Waals surface area contributed by atoms with Crippen molar-refractivity contribution in [3.63, 3.8) is 0 Å². The molecule has 2 aromatic rings. The molecule has 37 heavy (non-hydrogen) atoms. The molecule has 0 aromatic carbocycles. The number of hydrogen-bond acceptors (Lipinski definition) is 9. The van der Waals surface area contributed by atoms with E-state index in [1.165, 1.54) is 12.7 Å². The quantitative estimate of drug-likeness (QED) is 0.632. The Hall–Kier alpha value is -2.82. The number of carbonyl (C=O) groups is 1. The predicted molar refractivity (Wildman–Crippen MR) is 138 cm³/mol. The Bertz CT molecular complexity index is 1120. The fourth-order valence-electron chi connectivity index (χ4n) is 6.97. The number of methoxy groups -OCH3 is 1. The molecule has 1 aliphatic carbocycles. The number of amides is 1. The van der Waals surface area contributed by atoms with Crippen molar-refractivity contribution in [3.8, 4) is 0 Å². The standard InChI is InChI=1S/C27H37N7O3/c1-16-10-29-30-17(2)24(16)18(3)37-20-6-7-22-21(9-20)25(32-31-22)19-5-8-23(28-11-19)33-12-27(13-33)14-34(15-27)26(35)36-4/h5,8,10-11,18,20-22,25,31-32H,6-7,9,12-15H2,1-4H3/t18-,20?,21?,22?,25?/m1/s1. The highest BCUT2D eigenvalue weighted by Gasteiger charge is 2.54. The van der Waals surface area contributed by atoms with E-state index in [-0.39, 0.29) is 29.8 Å². The van der Waals surface area contributed by atoms with Crippen molar-refractivity contribution in [2.45, 2.75) is 64.3 Å². The SMILES string of the molecule is COC(=O)N1CC2(C1)CN(c1ccc(C3NNC4CCC(O[C@H](C)c5c(C)cnnc5C)CC43)cn1)C2. The largest absolute Gasteiger partial charge is 0.453 e. The van der Waals surface area contributed by atoms with Crippen LogP contribution in [0.2, 0.25) is 0 Å². The summed E-state index contributed by atoms with van der Waals surface area (Å²) in [7, 11) is 1.44. The minimum absolute atomic E-state index is 0.00560. The zero-order valence-corrected chi connectivity index (χ0v) is 22.1. The van der Waals surface area contributed by atoms with Crippen molar-refractivity contribution in [2.24, 2.45) is 11.3 Å².